The van der Waals surface area contributed by atoms with Crippen LogP contribution in [0.1, 0.15) is 32.2 Å². The first-order valence-corrected chi connectivity index (χ1v) is 10.7. The molecule has 3 atom stereocenters. The molecule has 2 heterocycles. The molecule has 1 fully saturated rings. The maximum absolute atomic E-state index is 13.5. The van der Waals surface area contributed by atoms with Crippen molar-refractivity contribution in [1.82, 2.24) is 4.90 Å². The number of methoxy groups -OCH3 is 1. The molecule has 0 radical (unpaired) electrons. The molecule has 3 aromatic rings. The summed E-state index contributed by atoms with van der Waals surface area (Å²) in [5.74, 6) is 0.329. The summed E-state index contributed by atoms with van der Waals surface area (Å²) in [4.78, 5) is 30.3. The van der Waals surface area contributed by atoms with Gasteiger partial charge in [0.1, 0.15) is 5.75 Å². The maximum Gasteiger partial charge on any atom is 0.258 e. The van der Waals surface area contributed by atoms with Gasteiger partial charge in [-0.3, -0.25) is 9.59 Å². The normalized spacial score (nSPS) is 21.2. The van der Waals surface area contributed by atoms with Crippen LogP contribution in [-0.4, -0.2) is 54.2 Å². The van der Waals surface area contributed by atoms with Crippen LogP contribution in [0.2, 0.25) is 0 Å². The fourth-order valence-corrected chi connectivity index (χ4v) is 5.00. The number of rotatable bonds is 4. The van der Waals surface area contributed by atoms with Gasteiger partial charge in [0.25, 0.3) is 11.8 Å². The van der Waals surface area contributed by atoms with E-state index in [0.717, 1.165) is 11.3 Å². The van der Waals surface area contributed by atoms with Gasteiger partial charge in [0.2, 0.25) is 0 Å². The summed E-state index contributed by atoms with van der Waals surface area (Å²) in [6, 6.07) is 23.4. The van der Waals surface area contributed by atoms with Crippen LogP contribution in [-0.2, 0) is 0 Å². The number of likely N-dealkylation sites (tertiary alicyclic amines) is 1. The number of hydrogen-bond donors (Lipinski definition) is 1. The number of aliphatic hydroxyl groups excluding tert-OH is 1. The first-order valence-electron chi connectivity index (χ1n) is 10.7. The SMILES string of the molecule is COc1cccc(C(=O)N2C[C@@H]3[C@H](c4ccccc42)[C@@H](CO)N3C(=O)c2ccccc2)c1. The van der Waals surface area contributed by atoms with Crippen molar-refractivity contribution in [3.05, 3.63) is 95.6 Å². The van der Waals surface area contributed by atoms with E-state index in [-0.39, 0.29) is 36.4 Å². The van der Waals surface area contributed by atoms with Crippen LogP contribution in [0.3, 0.4) is 0 Å². The number of carbonyl (C=O) groups excluding carboxylic acids is 2. The second-order valence-electron chi connectivity index (χ2n) is 8.13. The van der Waals surface area contributed by atoms with Crippen molar-refractivity contribution in [2.24, 2.45) is 0 Å². The largest absolute Gasteiger partial charge is 0.497 e. The third-order valence-corrected chi connectivity index (χ3v) is 6.50. The second-order valence-corrected chi connectivity index (χ2v) is 8.13. The molecule has 0 unspecified atom stereocenters. The molecule has 2 aliphatic rings. The van der Waals surface area contributed by atoms with Gasteiger partial charge < -0.3 is 19.6 Å². The van der Waals surface area contributed by atoms with Crippen molar-refractivity contribution in [2.45, 2.75) is 18.0 Å². The predicted octanol–water partition coefficient (Wildman–Crippen LogP) is 3.32. The summed E-state index contributed by atoms with van der Waals surface area (Å²) >= 11 is 0. The van der Waals surface area contributed by atoms with Gasteiger partial charge >= 0.3 is 0 Å². The molecule has 162 valence electrons. The Morgan fingerprint density at radius 2 is 1.66 bits per heavy atom. The fraction of sp³-hybridized carbons (Fsp3) is 0.231. The first-order chi connectivity index (χ1) is 15.6. The van der Waals surface area contributed by atoms with Crippen LogP contribution in [0.5, 0.6) is 5.75 Å². The number of para-hydroxylation sites is 1. The highest BCUT2D eigenvalue weighted by Crippen LogP contribution is 2.48. The minimum absolute atomic E-state index is 0.0155. The second kappa shape index (κ2) is 8.13. The lowest BCUT2D eigenvalue weighted by Crippen LogP contribution is -2.70. The minimum Gasteiger partial charge on any atom is -0.497 e. The minimum atomic E-state index is -0.317. The van der Waals surface area contributed by atoms with Crippen LogP contribution >= 0.6 is 0 Å². The third kappa shape index (κ3) is 3.15. The zero-order chi connectivity index (χ0) is 22.2. The number of anilines is 1. The molecule has 0 saturated carbocycles. The van der Waals surface area contributed by atoms with E-state index in [2.05, 4.69) is 0 Å². The van der Waals surface area contributed by atoms with Crippen molar-refractivity contribution in [3.63, 3.8) is 0 Å². The molecule has 5 rings (SSSR count). The number of benzene rings is 3. The molecule has 1 N–H and O–H groups in total. The van der Waals surface area contributed by atoms with Gasteiger partial charge in [-0.05, 0) is 42.0 Å². The number of ether oxygens (including phenoxy) is 1. The summed E-state index contributed by atoms with van der Waals surface area (Å²) in [6.07, 6.45) is 0. The Morgan fingerprint density at radius 1 is 0.938 bits per heavy atom. The molecule has 3 aromatic carbocycles. The highest BCUT2D eigenvalue weighted by Gasteiger charge is 2.55. The molecule has 2 amide bonds. The number of amides is 2. The zero-order valence-corrected chi connectivity index (χ0v) is 17.7. The Morgan fingerprint density at radius 3 is 2.41 bits per heavy atom. The van der Waals surface area contributed by atoms with Gasteiger partial charge in [0, 0.05) is 29.3 Å². The molecular weight excluding hydrogens is 404 g/mol. The molecule has 0 spiro atoms. The number of carbonyl (C=O) groups is 2. The summed E-state index contributed by atoms with van der Waals surface area (Å²) in [5.41, 5.74) is 2.91. The molecule has 0 aromatic heterocycles. The van der Waals surface area contributed by atoms with Gasteiger partial charge in [0.05, 0.1) is 25.8 Å². The van der Waals surface area contributed by atoms with Gasteiger partial charge in [-0.25, -0.2) is 0 Å². The maximum atomic E-state index is 13.5. The van der Waals surface area contributed by atoms with Gasteiger partial charge in [-0.2, -0.15) is 0 Å². The van der Waals surface area contributed by atoms with E-state index < -0.39 is 0 Å². The average Bonchev–Trinajstić information content (AvgIpc) is 2.84. The lowest BCUT2D eigenvalue weighted by molar-refractivity contribution is -0.0246. The third-order valence-electron chi connectivity index (χ3n) is 6.50. The van der Waals surface area contributed by atoms with Crippen molar-refractivity contribution in [1.29, 1.82) is 0 Å². The highest BCUT2D eigenvalue weighted by molar-refractivity contribution is 6.07. The average molecular weight is 428 g/mol. The Bertz CT molecular complexity index is 1160. The van der Waals surface area contributed by atoms with E-state index in [1.54, 1.807) is 53.3 Å². The molecule has 1 saturated heterocycles. The van der Waals surface area contributed by atoms with E-state index in [1.165, 1.54) is 0 Å². The number of hydrogen-bond acceptors (Lipinski definition) is 4. The first kappa shape index (κ1) is 20.3. The summed E-state index contributed by atoms with van der Waals surface area (Å²) in [6.45, 7) is 0.241. The van der Waals surface area contributed by atoms with Crippen LogP contribution in [0.15, 0.2) is 78.9 Å². The standard InChI is InChI=1S/C26H24N2O4/c1-32-19-11-7-10-18(14-19)25(30)27-15-22-24(20-12-5-6-13-21(20)27)23(16-29)28(22)26(31)17-8-3-2-4-9-17/h2-14,22-24,29H,15-16H2,1H3/t22-,23-,24+/m1/s1. The van der Waals surface area contributed by atoms with E-state index in [0.29, 0.717) is 23.4 Å². The van der Waals surface area contributed by atoms with Crippen LogP contribution in [0, 0.1) is 0 Å². The molecule has 0 bridgehead atoms. The van der Waals surface area contributed by atoms with Crippen LogP contribution < -0.4 is 9.64 Å². The molecule has 6 nitrogen and oxygen atoms in total. The Labute approximate surface area is 186 Å². The monoisotopic (exact) mass is 428 g/mol. The number of nitrogens with zero attached hydrogens (tertiary/aromatic N) is 2. The lowest BCUT2D eigenvalue weighted by Gasteiger charge is -2.58. The predicted molar refractivity (Wildman–Crippen MR) is 121 cm³/mol. The quantitative estimate of drug-likeness (QED) is 0.692. The van der Waals surface area contributed by atoms with Gasteiger partial charge in [-0.15, -0.1) is 0 Å². The van der Waals surface area contributed by atoms with E-state index in [1.807, 2.05) is 42.5 Å². The van der Waals surface area contributed by atoms with Gasteiger partial charge in [-0.1, -0.05) is 42.5 Å². The summed E-state index contributed by atoms with van der Waals surface area (Å²) < 4.78 is 5.29. The Balaban J connectivity index is 1.53. The van der Waals surface area contributed by atoms with Crippen molar-refractivity contribution < 1.29 is 19.4 Å². The van der Waals surface area contributed by atoms with Crippen molar-refractivity contribution in [2.75, 3.05) is 25.2 Å². The summed E-state index contributed by atoms with van der Waals surface area (Å²) in [5, 5.41) is 10.1. The Kier molecular flexibility index (Phi) is 5.15. The van der Waals surface area contributed by atoms with Crippen molar-refractivity contribution in [3.8, 4) is 5.75 Å². The van der Waals surface area contributed by atoms with E-state index in [9.17, 15) is 14.7 Å². The number of fused-ring (bicyclic) bond motifs is 3. The van der Waals surface area contributed by atoms with E-state index >= 15 is 0 Å². The fourth-order valence-electron chi connectivity index (χ4n) is 5.00. The number of aliphatic hydroxyl groups is 1. The van der Waals surface area contributed by atoms with Crippen molar-refractivity contribution >= 4 is 17.5 Å². The van der Waals surface area contributed by atoms with Crippen LogP contribution in [0.4, 0.5) is 5.69 Å². The molecule has 0 aliphatic carbocycles. The van der Waals surface area contributed by atoms with Gasteiger partial charge in [0.15, 0.2) is 0 Å². The Hall–Kier alpha value is -3.64. The lowest BCUT2D eigenvalue weighted by atomic mass is 9.71. The highest BCUT2D eigenvalue weighted by atomic mass is 16.5. The molecule has 6 heteroatoms. The van der Waals surface area contributed by atoms with E-state index in [4.69, 9.17) is 4.74 Å². The zero-order valence-electron chi connectivity index (χ0n) is 17.7. The van der Waals surface area contributed by atoms with Crippen LogP contribution in [0.25, 0.3) is 0 Å². The summed E-state index contributed by atoms with van der Waals surface area (Å²) in [7, 11) is 1.57. The topological polar surface area (TPSA) is 70.1 Å². The molecule has 2 aliphatic heterocycles. The molecular formula is C26H24N2O4. The molecule has 32 heavy (non-hydrogen) atoms. The smallest absolute Gasteiger partial charge is 0.258 e.